The lowest BCUT2D eigenvalue weighted by Crippen LogP contribution is -2.27. The normalized spacial score (nSPS) is 12.1. The van der Waals surface area contributed by atoms with Crippen LogP contribution in [0.5, 0.6) is 0 Å². The Morgan fingerprint density at radius 3 is 2.82 bits per heavy atom. The molecule has 5 nitrogen and oxygen atoms in total. The van der Waals surface area contributed by atoms with Crippen LogP contribution in [0.3, 0.4) is 0 Å². The molecule has 0 fully saturated rings. The summed E-state index contributed by atoms with van der Waals surface area (Å²) in [6, 6.07) is 5.45. The van der Waals surface area contributed by atoms with E-state index in [2.05, 4.69) is 9.71 Å². The Bertz CT molecular complexity index is 443. The second kappa shape index (κ2) is 7.16. The molecule has 1 aromatic rings. The molecule has 0 aliphatic rings. The number of aromatic nitrogens is 1. The predicted molar refractivity (Wildman–Crippen MR) is 67.9 cm³/mol. The Kier molecular flexibility index (Phi) is 5.82. The Balaban J connectivity index is 2.37. The number of hydrogen-bond donors (Lipinski definition) is 2. The average Bonchev–Trinajstić information content (AvgIpc) is 2.34. The lowest BCUT2D eigenvalue weighted by atomic mass is 10.3. The number of nitrogens with two attached hydrogens (primary N) is 1. The van der Waals surface area contributed by atoms with Crippen molar-refractivity contribution in [2.75, 3.05) is 18.8 Å². The van der Waals surface area contributed by atoms with Crippen LogP contribution < -0.4 is 10.5 Å². The van der Waals surface area contributed by atoms with Gasteiger partial charge in [0.2, 0.25) is 10.0 Å². The molecular formula is C11H17N3O2S. The molecule has 0 amide bonds. The topological polar surface area (TPSA) is 85.1 Å². The van der Waals surface area contributed by atoms with Gasteiger partial charge in [-0.05, 0) is 12.1 Å². The number of nitrogens with zero attached hydrogens (tertiary/aromatic N) is 1. The van der Waals surface area contributed by atoms with Crippen LogP contribution in [0, 0.1) is 0 Å². The molecule has 0 aliphatic carbocycles. The zero-order chi connectivity index (χ0) is 12.6. The van der Waals surface area contributed by atoms with Gasteiger partial charge >= 0.3 is 0 Å². The minimum absolute atomic E-state index is 0.0421. The van der Waals surface area contributed by atoms with Crippen molar-refractivity contribution in [1.29, 1.82) is 0 Å². The van der Waals surface area contributed by atoms with Crippen LogP contribution >= 0.6 is 0 Å². The van der Waals surface area contributed by atoms with Gasteiger partial charge in [0.25, 0.3) is 0 Å². The zero-order valence-corrected chi connectivity index (χ0v) is 10.4. The molecule has 0 saturated heterocycles. The maximum absolute atomic E-state index is 11.6. The van der Waals surface area contributed by atoms with E-state index in [-0.39, 0.29) is 12.3 Å². The smallest absolute Gasteiger partial charge is 0.212 e. The minimum atomic E-state index is -3.24. The summed E-state index contributed by atoms with van der Waals surface area (Å²) in [5.41, 5.74) is 6.01. The highest BCUT2D eigenvalue weighted by Gasteiger charge is 2.08. The number of rotatable bonds is 7. The molecule has 0 bridgehead atoms. The number of sulfonamides is 1. The number of pyridine rings is 1. The van der Waals surface area contributed by atoms with Gasteiger partial charge in [-0.2, -0.15) is 0 Å². The average molecular weight is 255 g/mol. The van der Waals surface area contributed by atoms with E-state index in [0.29, 0.717) is 13.0 Å². The molecule has 6 heteroatoms. The first-order valence-electron chi connectivity index (χ1n) is 5.36. The largest absolute Gasteiger partial charge is 0.327 e. The van der Waals surface area contributed by atoms with Gasteiger partial charge in [-0.1, -0.05) is 18.2 Å². The monoisotopic (exact) mass is 255 g/mol. The summed E-state index contributed by atoms with van der Waals surface area (Å²) in [4.78, 5) is 4.07. The SMILES string of the molecule is NC/C=C/CNS(=O)(=O)CCc1ccccn1. The fourth-order valence-electron chi connectivity index (χ4n) is 1.21. The first kappa shape index (κ1) is 13.8. The number of hydrogen-bond acceptors (Lipinski definition) is 4. The first-order chi connectivity index (χ1) is 8.14. The van der Waals surface area contributed by atoms with Gasteiger partial charge in [0.05, 0.1) is 5.75 Å². The zero-order valence-electron chi connectivity index (χ0n) is 9.54. The predicted octanol–water partition coefficient (Wildman–Crippen LogP) is 0.0584. The summed E-state index contributed by atoms with van der Waals surface area (Å²) in [6.45, 7) is 0.692. The van der Waals surface area contributed by atoms with Crippen molar-refractivity contribution in [2.24, 2.45) is 5.73 Å². The first-order valence-corrected chi connectivity index (χ1v) is 7.01. The summed E-state index contributed by atoms with van der Waals surface area (Å²) in [5, 5.41) is 0. The summed E-state index contributed by atoms with van der Waals surface area (Å²) in [7, 11) is -3.24. The van der Waals surface area contributed by atoms with Gasteiger partial charge in [-0.25, -0.2) is 13.1 Å². The lowest BCUT2D eigenvalue weighted by Gasteiger charge is -2.04. The lowest BCUT2D eigenvalue weighted by molar-refractivity contribution is 0.584. The van der Waals surface area contributed by atoms with Crippen LogP contribution in [-0.2, 0) is 16.4 Å². The molecule has 0 unspecified atom stereocenters. The summed E-state index contributed by atoms with van der Waals surface area (Å²) in [6.07, 6.45) is 5.47. The maximum atomic E-state index is 11.6. The van der Waals surface area contributed by atoms with Crippen molar-refractivity contribution in [1.82, 2.24) is 9.71 Å². The molecule has 0 saturated carbocycles. The van der Waals surface area contributed by atoms with Crippen LogP contribution in [-0.4, -0.2) is 32.2 Å². The Morgan fingerprint density at radius 1 is 1.35 bits per heavy atom. The highest BCUT2D eigenvalue weighted by Crippen LogP contribution is 1.97. The van der Waals surface area contributed by atoms with E-state index in [9.17, 15) is 8.42 Å². The molecular weight excluding hydrogens is 238 g/mol. The molecule has 0 spiro atoms. The Morgan fingerprint density at radius 2 is 2.18 bits per heavy atom. The van der Waals surface area contributed by atoms with E-state index >= 15 is 0 Å². The van der Waals surface area contributed by atoms with Crippen LogP contribution in [0.1, 0.15) is 5.69 Å². The molecule has 1 heterocycles. The Hall–Kier alpha value is -1.24. The standard InChI is InChI=1S/C11H17N3O2S/c12-7-2-4-9-14-17(15,16)10-6-11-5-1-3-8-13-11/h1-5,8,14H,6-7,9-10,12H2/b4-2+. The molecule has 3 N–H and O–H groups in total. The van der Waals surface area contributed by atoms with Crippen molar-refractivity contribution < 1.29 is 8.42 Å². The van der Waals surface area contributed by atoms with Gasteiger partial charge < -0.3 is 5.73 Å². The van der Waals surface area contributed by atoms with Crippen molar-refractivity contribution in [3.63, 3.8) is 0 Å². The van der Waals surface area contributed by atoms with Crippen molar-refractivity contribution in [3.8, 4) is 0 Å². The van der Waals surface area contributed by atoms with Gasteiger partial charge in [-0.3, -0.25) is 4.98 Å². The molecule has 1 aromatic heterocycles. The van der Waals surface area contributed by atoms with Crippen molar-refractivity contribution in [3.05, 3.63) is 42.2 Å². The van der Waals surface area contributed by atoms with Crippen LogP contribution in [0.4, 0.5) is 0 Å². The molecule has 0 aromatic carbocycles. The number of aryl methyl sites for hydroxylation is 1. The van der Waals surface area contributed by atoms with Crippen LogP contribution in [0.15, 0.2) is 36.5 Å². The van der Waals surface area contributed by atoms with E-state index in [0.717, 1.165) is 5.69 Å². The van der Waals surface area contributed by atoms with Crippen molar-refractivity contribution in [2.45, 2.75) is 6.42 Å². The van der Waals surface area contributed by atoms with E-state index in [1.165, 1.54) is 0 Å². The molecule has 0 radical (unpaired) electrons. The molecule has 1 rings (SSSR count). The third-order valence-electron chi connectivity index (χ3n) is 2.08. The fraction of sp³-hybridized carbons (Fsp3) is 0.364. The molecule has 0 atom stereocenters. The molecule has 94 valence electrons. The third kappa shape index (κ3) is 6.15. The van der Waals surface area contributed by atoms with E-state index < -0.39 is 10.0 Å². The fourth-order valence-corrected chi connectivity index (χ4v) is 2.18. The van der Waals surface area contributed by atoms with E-state index in [1.54, 1.807) is 24.4 Å². The molecule has 0 aliphatic heterocycles. The molecule has 17 heavy (non-hydrogen) atoms. The highest BCUT2D eigenvalue weighted by molar-refractivity contribution is 7.89. The van der Waals surface area contributed by atoms with Gasteiger partial charge in [-0.15, -0.1) is 0 Å². The van der Waals surface area contributed by atoms with Gasteiger partial charge in [0.1, 0.15) is 0 Å². The Labute approximate surface area is 102 Å². The quantitative estimate of drug-likeness (QED) is 0.675. The second-order valence-corrected chi connectivity index (χ2v) is 5.37. The van der Waals surface area contributed by atoms with E-state index in [4.69, 9.17) is 5.73 Å². The van der Waals surface area contributed by atoms with Gasteiger partial charge in [0, 0.05) is 31.4 Å². The summed E-state index contributed by atoms with van der Waals surface area (Å²) >= 11 is 0. The minimum Gasteiger partial charge on any atom is -0.327 e. The highest BCUT2D eigenvalue weighted by atomic mass is 32.2. The maximum Gasteiger partial charge on any atom is 0.212 e. The second-order valence-electron chi connectivity index (χ2n) is 3.45. The third-order valence-corrected chi connectivity index (χ3v) is 3.43. The van der Waals surface area contributed by atoms with Gasteiger partial charge in [0.15, 0.2) is 0 Å². The van der Waals surface area contributed by atoms with Crippen molar-refractivity contribution >= 4 is 10.0 Å². The summed E-state index contributed by atoms with van der Waals surface area (Å²) in [5.74, 6) is 0.0421. The summed E-state index contributed by atoms with van der Waals surface area (Å²) < 4.78 is 25.6. The number of nitrogens with one attached hydrogen (secondary N) is 1. The van der Waals surface area contributed by atoms with Crippen LogP contribution in [0.2, 0.25) is 0 Å². The van der Waals surface area contributed by atoms with Crippen LogP contribution in [0.25, 0.3) is 0 Å². The van der Waals surface area contributed by atoms with E-state index in [1.807, 2.05) is 12.1 Å².